The van der Waals surface area contributed by atoms with Crippen LogP contribution in [0.25, 0.3) is 0 Å². The van der Waals surface area contributed by atoms with Gasteiger partial charge in [0.15, 0.2) is 0 Å². The van der Waals surface area contributed by atoms with Gasteiger partial charge in [-0.25, -0.2) is 13.1 Å². The minimum atomic E-state index is -3.93. The van der Waals surface area contributed by atoms with E-state index in [2.05, 4.69) is 9.89 Å². The molecule has 0 aliphatic heterocycles. The van der Waals surface area contributed by atoms with E-state index in [0.717, 1.165) is 7.11 Å². The average molecular weight is 320 g/mol. The fraction of sp³-hybridized carbons (Fsp3) is 0.545. The fourth-order valence-corrected chi connectivity index (χ4v) is 2.80. The quantitative estimate of drug-likeness (QED) is 0.629. The second-order valence-electron chi connectivity index (χ2n) is 4.31. The summed E-state index contributed by atoms with van der Waals surface area (Å²) in [4.78, 5) is 22.0. The third-order valence-corrected chi connectivity index (χ3v) is 3.82. The number of carbonyl (C=O) groups is 2. The highest BCUT2D eigenvalue weighted by Gasteiger charge is 2.25. The van der Waals surface area contributed by atoms with Crippen molar-refractivity contribution in [2.45, 2.75) is 31.6 Å². The van der Waals surface area contributed by atoms with Gasteiger partial charge in [-0.1, -0.05) is 5.16 Å². The van der Waals surface area contributed by atoms with Crippen LogP contribution in [0.15, 0.2) is 10.6 Å². The SMILES string of the molecule is COC(=O)CC[C@@H](NS(=O)(=O)Cc1cc(C)on1)C(=O)O. The van der Waals surface area contributed by atoms with Gasteiger partial charge in [-0.05, 0) is 13.3 Å². The lowest BCUT2D eigenvalue weighted by Crippen LogP contribution is -2.41. The normalized spacial score (nSPS) is 12.9. The first kappa shape index (κ1) is 17.1. The molecule has 0 saturated heterocycles. The Morgan fingerprint density at radius 1 is 1.52 bits per heavy atom. The molecule has 1 aromatic heterocycles. The van der Waals surface area contributed by atoms with Crippen molar-refractivity contribution in [1.29, 1.82) is 0 Å². The van der Waals surface area contributed by atoms with E-state index in [0.29, 0.717) is 5.76 Å². The van der Waals surface area contributed by atoms with Gasteiger partial charge in [0.05, 0.1) is 7.11 Å². The molecule has 0 unspecified atom stereocenters. The molecule has 0 bridgehead atoms. The maximum atomic E-state index is 11.9. The second kappa shape index (κ2) is 7.18. The molecule has 0 radical (unpaired) electrons. The Bertz CT molecular complexity index is 608. The number of aromatic nitrogens is 1. The summed E-state index contributed by atoms with van der Waals surface area (Å²) >= 11 is 0. The van der Waals surface area contributed by atoms with Gasteiger partial charge in [0.25, 0.3) is 0 Å². The molecule has 0 saturated carbocycles. The summed E-state index contributed by atoms with van der Waals surface area (Å²) < 4.78 is 34.9. The van der Waals surface area contributed by atoms with Crippen LogP contribution in [0.5, 0.6) is 0 Å². The predicted molar refractivity (Wildman–Crippen MR) is 69.7 cm³/mol. The molecule has 10 heteroatoms. The molecular formula is C11H16N2O7S. The molecule has 0 aliphatic carbocycles. The smallest absolute Gasteiger partial charge is 0.321 e. The fourth-order valence-electron chi connectivity index (χ4n) is 1.54. The number of nitrogens with one attached hydrogen (secondary N) is 1. The highest BCUT2D eigenvalue weighted by molar-refractivity contribution is 7.88. The van der Waals surface area contributed by atoms with Crippen LogP contribution in [-0.4, -0.2) is 43.8 Å². The van der Waals surface area contributed by atoms with E-state index in [-0.39, 0.29) is 18.5 Å². The number of nitrogens with zero attached hydrogens (tertiary/aromatic N) is 1. The average Bonchev–Trinajstić information content (AvgIpc) is 2.78. The number of aliphatic carboxylic acids is 1. The van der Waals surface area contributed by atoms with Crippen molar-refractivity contribution in [2.75, 3.05) is 7.11 Å². The molecule has 118 valence electrons. The third kappa shape index (κ3) is 5.92. The summed E-state index contributed by atoms with van der Waals surface area (Å²) in [6.45, 7) is 1.60. The predicted octanol–water partition coefficient (Wildman–Crippen LogP) is -0.191. The maximum Gasteiger partial charge on any atom is 0.321 e. The second-order valence-corrected chi connectivity index (χ2v) is 6.07. The zero-order valence-electron chi connectivity index (χ0n) is 11.5. The highest BCUT2D eigenvalue weighted by atomic mass is 32.2. The van der Waals surface area contributed by atoms with Crippen molar-refractivity contribution in [1.82, 2.24) is 9.88 Å². The van der Waals surface area contributed by atoms with Crippen LogP contribution in [0, 0.1) is 6.92 Å². The van der Waals surface area contributed by atoms with E-state index in [4.69, 9.17) is 9.63 Å². The third-order valence-electron chi connectivity index (χ3n) is 2.50. The lowest BCUT2D eigenvalue weighted by molar-refractivity contribution is -0.142. The topological polar surface area (TPSA) is 136 Å². The number of sulfonamides is 1. The molecule has 1 rings (SSSR count). The number of aryl methyl sites for hydroxylation is 1. The monoisotopic (exact) mass is 320 g/mol. The highest BCUT2D eigenvalue weighted by Crippen LogP contribution is 2.08. The van der Waals surface area contributed by atoms with Gasteiger partial charge in [0.1, 0.15) is 23.2 Å². The molecule has 0 fully saturated rings. The van der Waals surface area contributed by atoms with Crippen LogP contribution in [-0.2, 0) is 30.1 Å². The van der Waals surface area contributed by atoms with Crippen LogP contribution in [0.2, 0.25) is 0 Å². The minimum Gasteiger partial charge on any atom is -0.480 e. The van der Waals surface area contributed by atoms with Gasteiger partial charge >= 0.3 is 11.9 Å². The number of carboxylic acid groups (broad SMARTS) is 1. The molecule has 9 nitrogen and oxygen atoms in total. The van der Waals surface area contributed by atoms with Gasteiger partial charge in [-0.15, -0.1) is 0 Å². The van der Waals surface area contributed by atoms with Gasteiger partial charge in [0.2, 0.25) is 10.0 Å². The molecule has 0 aliphatic rings. The number of hydrogen-bond acceptors (Lipinski definition) is 7. The number of hydrogen-bond donors (Lipinski definition) is 2. The zero-order valence-corrected chi connectivity index (χ0v) is 12.3. The summed E-state index contributed by atoms with van der Waals surface area (Å²) in [7, 11) is -2.76. The van der Waals surface area contributed by atoms with E-state index in [1.165, 1.54) is 6.07 Å². The minimum absolute atomic E-state index is 0.164. The largest absolute Gasteiger partial charge is 0.480 e. The Kier molecular flexibility index (Phi) is 5.85. The molecule has 1 heterocycles. The van der Waals surface area contributed by atoms with Gasteiger partial charge in [-0.3, -0.25) is 9.59 Å². The van der Waals surface area contributed by atoms with Crippen LogP contribution < -0.4 is 4.72 Å². The number of ether oxygens (including phenoxy) is 1. The number of rotatable bonds is 8. The van der Waals surface area contributed by atoms with Crippen molar-refractivity contribution in [2.24, 2.45) is 0 Å². The first-order chi connectivity index (χ1) is 9.73. The van der Waals surface area contributed by atoms with Gasteiger partial charge in [-0.2, -0.15) is 0 Å². The Hall–Kier alpha value is -1.94. The lowest BCUT2D eigenvalue weighted by Gasteiger charge is -2.13. The Morgan fingerprint density at radius 3 is 2.67 bits per heavy atom. The van der Waals surface area contributed by atoms with Crippen molar-refractivity contribution < 1.29 is 32.4 Å². The van der Waals surface area contributed by atoms with E-state index in [9.17, 15) is 18.0 Å². The van der Waals surface area contributed by atoms with Crippen LogP contribution >= 0.6 is 0 Å². The Morgan fingerprint density at radius 2 is 2.19 bits per heavy atom. The summed E-state index contributed by atoms with van der Waals surface area (Å²) in [6.07, 6.45) is -0.419. The Balaban J connectivity index is 2.68. The van der Waals surface area contributed by atoms with Crippen molar-refractivity contribution in [3.8, 4) is 0 Å². The lowest BCUT2D eigenvalue weighted by atomic mass is 10.2. The molecule has 1 atom stereocenters. The van der Waals surface area contributed by atoms with Crippen molar-refractivity contribution in [3.05, 3.63) is 17.5 Å². The van der Waals surface area contributed by atoms with E-state index < -0.39 is 33.8 Å². The first-order valence-corrected chi connectivity index (χ1v) is 7.60. The molecule has 21 heavy (non-hydrogen) atoms. The molecule has 0 amide bonds. The molecular weight excluding hydrogens is 304 g/mol. The van der Waals surface area contributed by atoms with Crippen LogP contribution in [0.3, 0.4) is 0 Å². The van der Waals surface area contributed by atoms with Crippen molar-refractivity contribution in [3.63, 3.8) is 0 Å². The number of esters is 1. The zero-order chi connectivity index (χ0) is 16.0. The number of carboxylic acids is 1. The van der Waals surface area contributed by atoms with E-state index in [1.54, 1.807) is 6.92 Å². The number of carbonyl (C=O) groups excluding carboxylic acids is 1. The van der Waals surface area contributed by atoms with Gasteiger partial charge < -0.3 is 14.4 Å². The molecule has 2 N–H and O–H groups in total. The van der Waals surface area contributed by atoms with E-state index >= 15 is 0 Å². The molecule has 0 aromatic carbocycles. The molecule has 1 aromatic rings. The van der Waals surface area contributed by atoms with Crippen LogP contribution in [0.1, 0.15) is 24.3 Å². The molecule has 0 spiro atoms. The van der Waals surface area contributed by atoms with Crippen LogP contribution in [0.4, 0.5) is 0 Å². The maximum absolute atomic E-state index is 11.9. The standard InChI is InChI=1S/C11H16N2O7S/c1-7-5-8(12-20-7)6-21(17,18)13-9(11(15)16)3-4-10(14)19-2/h5,9,13H,3-4,6H2,1-2H3,(H,15,16)/t9-/m1/s1. The summed E-state index contributed by atoms with van der Waals surface area (Å²) in [5.41, 5.74) is 0.164. The first-order valence-electron chi connectivity index (χ1n) is 5.95. The number of methoxy groups -OCH3 is 1. The summed E-state index contributed by atoms with van der Waals surface area (Å²) in [5, 5.41) is 12.5. The Labute approximate surface area is 121 Å². The summed E-state index contributed by atoms with van der Waals surface area (Å²) in [5.74, 6) is -2.06. The van der Waals surface area contributed by atoms with Crippen molar-refractivity contribution >= 4 is 22.0 Å². The van der Waals surface area contributed by atoms with Gasteiger partial charge in [0, 0.05) is 12.5 Å². The summed E-state index contributed by atoms with van der Waals surface area (Å²) in [6, 6.07) is 0.0193. The van der Waals surface area contributed by atoms with E-state index in [1.807, 2.05) is 4.72 Å².